The van der Waals surface area contributed by atoms with E-state index in [0.717, 1.165) is 34.8 Å². The van der Waals surface area contributed by atoms with Crippen LogP contribution < -0.4 is 0 Å². The highest BCUT2D eigenvalue weighted by Gasteiger charge is 2.40. The molecule has 0 spiro atoms. The molecule has 2 rings (SSSR count). The van der Waals surface area contributed by atoms with Gasteiger partial charge in [-0.1, -0.05) is 59.8 Å². The Morgan fingerprint density at radius 2 is 1.88 bits per heavy atom. The summed E-state index contributed by atoms with van der Waals surface area (Å²) in [7, 11) is 0. The second kappa shape index (κ2) is 8.97. The van der Waals surface area contributed by atoms with Crippen molar-refractivity contribution in [2.24, 2.45) is 35.0 Å². The largest absolute Gasteiger partial charge is 0.130 e. The lowest BCUT2D eigenvalue weighted by molar-refractivity contribution is 0.151. The normalized spacial score (nSPS) is 31.4. The zero-order valence-electron chi connectivity index (χ0n) is 16.9. The summed E-state index contributed by atoms with van der Waals surface area (Å²) in [5, 5.41) is 3.24. The first kappa shape index (κ1) is 20.1. The molecular weight excluding hydrogens is 308 g/mol. The van der Waals surface area contributed by atoms with E-state index in [1.165, 1.54) is 38.5 Å². The number of thioether (sulfide) groups is 1. The Labute approximate surface area is 156 Å². The van der Waals surface area contributed by atoms with Crippen LogP contribution in [0.1, 0.15) is 80.1 Å². The van der Waals surface area contributed by atoms with E-state index in [9.17, 15) is 0 Å². The van der Waals surface area contributed by atoms with Crippen LogP contribution in [0.25, 0.3) is 0 Å². The van der Waals surface area contributed by atoms with Crippen molar-refractivity contribution in [1.29, 1.82) is 0 Å². The number of hydrogen-bond donors (Lipinski definition) is 0. The molecule has 0 aromatic rings. The maximum Gasteiger partial charge on any atom is 0.0150 e. The lowest BCUT2D eigenvalue weighted by atomic mass is 9.67. The smallest absolute Gasteiger partial charge is 0.0150 e. The zero-order chi connectivity index (χ0) is 17.7. The van der Waals surface area contributed by atoms with Gasteiger partial charge in [-0.3, -0.25) is 0 Å². The van der Waals surface area contributed by atoms with E-state index in [0.29, 0.717) is 5.41 Å². The molecule has 0 N–H and O–H groups in total. The van der Waals surface area contributed by atoms with Crippen LogP contribution >= 0.6 is 11.8 Å². The molecule has 1 heterocycles. The van der Waals surface area contributed by atoms with Crippen LogP contribution in [0.5, 0.6) is 0 Å². The molecule has 0 bridgehead atoms. The highest BCUT2D eigenvalue weighted by molar-refractivity contribution is 8.02. The molecule has 0 nitrogen and oxygen atoms in total. The second-order valence-electron chi connectivity index (χ2n) is 9.32. The summed E-state index contributed by atoms with van der Waals surface area (Å²) >= 11 is 2.13. The van der Waals surface area contributed by atoms with Crippen LogP contribution in [0.3, 0.4) is 0 Å². The fourth-order valence-corrected chi connectivity index (χ4v) is 5.81. The number of allylic oxidation sites excluding steroid dienone is 3. The SMILES string of the molecule is CC(C)C(C)CC[C@](C)(C(C)C)C1CC(C2CC=CCC2)C=CS1. The molecule has 1 aliphatic carbocycles. The van der Waals surface area contributed by atoms with Crippen molar-refractivity contribution in [2.45, 2.75) is 85.3 Å². The second-order valence-corrected chi connectivity index (χ2v) is 10.4. The monoisotopic (exact) mass is 348 g/mol. The average Bonchev–Trinajstić information content (AvgIpc) is 2.59. The van der Waals surface area contributed by atoms with Crippen molar-refractivity contribution in [3.63, 3.8) is 0 Å². The summed E-state index contributed by atoms with van der Waals surface area (Å²) in [5.41, 5.74) is 0.460. The van der Waals surface area contributed by atoms with Crippen LogP contribution in [-0.4, -0.2) is 5.25 Å². The molecule has 0 aromatic heterocycles. The Morgan fingerprint density at radius 3 is 2.46 bits per heavy atom. The van der Waals surface area contributed by atoms with Gasteiger partial charge in [0.05, 0.1) is 0 Å². The molecule has 1 aliphatic heterocycles. The van der Waals surface area contributed by atoms with E-state index in [-0.39, 0.29) is 0 Å². The molecule has 2 aliphatic rings. The van der Waals surface area contributed by atoms with Crippen LogP contribution in [0, 0.1) is 35.0 Å². The van der Waals surface area contributed by atoms with Gasteiger partial charge in [0.2, 0.25) is 0 Å². The number of hydrogen-bond acceptors (Lipinski definition) is 1. The Morgan fingerprint density at radius 1 is 1.12 bits per heavy atom. The van der Waals surface area contributed by atoms with Gasteiger partial charge >= 0.3 is 0 Å². The van der Waals surface area contributed by atoms with Gasteiger partial charge in [-0.25, -0.2) is 0 Å². The van der Waals surface area contributed by atoms with Gasteiger partial charge in [0.1, 0.15) is 0 Å². The van der Waals surface area contributed by atoms with E-state index in [4.69, 9.17) is 0 Å². The molecule has 24 heavy (non-hydrogen) atoms. The minimum Gasteiger partial charge on any atom is -0.130 e. The fraction of sp³-hybridized carbons (Fsp3) is 0.826. The molecule has 0 saturated heterocycles. The van der Waals surface area contributed by atoms with E-state index in [1.54, 1.807) is 0 Å². The van der Waals surface area contributed by atoms with Crippen molar-refractivity contribution in [2.75, 3.05) is 0 Å². The summed E-state index contributed by atoms with van der Waals surface area (Å²) in [5.74, 6) is 4.10. The molecule has 0 radical (unpaired) electrons. The summed E-state index contributed by atoms with van der Waals surface area (Å²) in [6.45, 7) is 14.7. The Balaban J connectivity index is 2.04. The van der Waals surface area contributed by atoms with Crippen molar-refractivity contribution in [3.8, 4) is 0 Å². The Kier molecular flexibility index (Phi) is 7.53. The topological polar surface area (TPSA) is 0 Å². The standard InChI is InChI=1S/C23H40S/c1-17(2)19(5)12-14-23(6,18(3)4)22-16-21(13-15-24-22)20-10-8-7-9-11-20/h7-8,13,15,17-22H,9-12,14,16H2,1-6H3/t19?,20?,21?,22?,23-/m1/s1. The number of rotatable bonds is 7. The lowest BCUT2D eigenvalue weighted by Gasteiger charge is -2.45. The summed E-state index contributed by atoms with van der Waals surface area (Å²) in [6.07, 6.45) is 15.5. The molecule has 0 fully saturated rings. The van der Waals surface area contributed by atoms with Crippen LogP contribution in [0.15, 0.2) is 23.6 Å². The molecule has 138 valence electrons. The van der Waals surface area contributed by atoms with E-state index in [1.807, 2.05) is 0 Å². The maximum absolute atomic E-state index is 2.58. The predicted octanol–water partition coefficient (Wildman–Crippen LogP) is 7.71. The third-order valence-corrected chi connectivity index (χ3v) is 8.67. The third kappa shape index (κ3) is 4.93. The lowest BCUT2D eigenvalue weighted by Crippen LogP contribution is -2.38. The van der Waals surface area contributed by atoms with E-state index < -0.39 is 0 Å². The highest BCUT2D eigenvalue weighted by atomic mass is 32.2. The third-order valence-electron chi connectivity index (χ3n) is 7.30. The first-order valence-corrected chi connectivity index (χ1v) is 11.3. The molecule has 0 saturated carbocycles. The first-order valence-electron chi connectivity index (χ1n) is 10.3. The molecule has 5 atom stereocenters. The Bertz CT molecular complexity index is 433. The first-order chi connectivity index (χ1) is 11.3. The van der Waals surface area contributed by atoms with Crippen LogP contribution in [0.4, 0.5) is 0 Å². The molecule has 4 unspecified atom stereocenters. The molecule has 0 aromatic carbocycles. The van der Waals surface area contributed by atoms with Crippen molar-refractivity contribution in [3.05, 3.63) is 23.6 Å². The average molecular weight is 349 g/mol. The van der Waals surface area contributed by atoms with Gasteiger partial charge in [-0.2, -0.15) is 0 Å². The van der Waals surface area contributed by atoms with Gasteiger partial charge in [0.25, 0.3) is 0 Å². The molecular formula is C23H40S. The van der Waals surface area contributed by atoms with Crippen LogP contribution in [0.2, 0.25) is 0 Å². The maximum atomic E-state index is 2.58. The van der Waals surface area contributed by atoms with Crippen LogP contribution in [-0.2, 0) is 0 Å². The minimum atomic E-state index is 0.460. The summed E-state index contributed by atoms with van der Waals surface area (Å²) in [4.78, 5) is 0. The zero-order valence-corrected chi connectivity index (χ0v) is 17.7. The highest BCUT2D eigenvalue weighted by Crippen LogP contribution is 2.49. The van der Waals surface area contributed by atoms with Crippen molar-refractivity contribution >= 4 is 11.8 Å². The minimum absolute atomic E-state index is 0.460. The summed E-state index contributed by atoms with van der Waals surface area (Å²) < 4.78 is 0. The molecule has 0 amide bonds. The quantitative estimate of drug-likeness (QED) is 0.424. The van der Waals surface area contributed by atoms with Gasteiger partial charge < -0.3 is 0 Å². The fourth-order valence-electron chi connectivity index (χ4n) is 4.30. The van der Waals surface area contributed by atoms with Gasteiger partial charge in [0.15, 0.2) is 0 Å². The predicted molar refractivity (Wildman–Crippen MR) is 111 cm³/mol. The van der Waals surface area contributed by atoms with Gasteiger partial charge in [-0.05, 0) is 78.9 Å². The molecule has 1 heteroatoms. The van der Waals surface area contributed by atoms with Gasteiger partial charge in [-0.15, -0.1) is 11.8 Å². The van der Waals surface area contributed by atoms with Crippen molar-refractivity contribution in [1.82, 2.24) is 0 Å². The van der Waals surface area contributed by atoms with Gasteiger partial charge in [0, 0.05) is 5.25 Å². The van der Waals surface area contributed by atoms with Crippen molar-refractivity contribution < 1.29 is 0 Å². The summed E-state index contributed by atoms with van der Waals surface area (Å²) in [6, 6.07) is 0. The van der Waals surface area contributed by atoms with E-state index >= 15 is 0 Å². The van der Waals surface area contributed by atoms with E-state index in [2.05, 4.69) is 76.9 Å². The Hall–Kier alpha value is -0.170.